The molecule has 2 rings (SSSR count). The second kappa shape index (κ2) is 2.69. The predicted octanol–water partition coefficient (Wildman–Crippen LogP) is 0.871. The molecule has 0 radical (unpaired) electrons. The van der Waals surface area contributed by atoms with Crippen molar-refractivity contribution in [3.63, 3.8) is 0 Å². The molecule has 1 aromatic heterocycles. The molecule has 0 unspecified atom stereocenters. The molecule has 1 aliphatic rings. The van der Waals surface area contributed by atoms with Gasteiger partial charge in [0.15, 0.2) is 5.82 Å². The quantitative estimate of drug-likeness (QED) is 0.593. The molecule has 0 bridgehead atoms. The first kappa shape index (κ1) is 7.97. The standard InChI is InChI=1S/C8H9N3O2/c1-5-3-9-6-4-13-8(12)11(2)7(6)10-5/h3H,4H2,1-2H3. The van der Waals surface area contributed by atoms with E-state index in [1.165, 1.54) is 4.90 Å². The van der Waals surface area contributed by atoms with Gasteiger partial charge in [-0.1, -0.05) is 0 Å². The topological polar surface area (TPSA) is 55.3 Å². The van der Waals surface area contributed by atoms with E-state index < -0.39 is 0 Å². The molecule has 1 aliphatic heterocycles. The van der Waals surface area contributed by atoms with E-state index in [4.69, 9.17) is 4.74 Å². The molecule has 0 aliphatic carbocycles. The highest BCUT2D eigenvalue weighted by molar-refractivity contribution is 5.87. The molecule has 0 spiro atoms. The molecule has 1 aromatic rings. The molecule has 0 atom stereocenters. The number of anilines is 1. The molecular weight excluding hydrogens is 170 g/mol. The zero-order valence-electron chi connectivity index (χ0n) is 7.44. The first-order valence-electron chi connectivity index (χ1n) is 3.91. The van der Waals surface area contributed by atoms with Crippen LogP contribution in [0.15, 0.2) is 6.20 Å². The molecule has 5 heteroatoms. The molecule has 5 nitrogen and oxygen atoms in total. The Bertz CT molecular complexity index is 364. The van der Waals surface area contributed by atoms with Crippen LogP contribution in [0.4, 0.5) is 10.6 Å². The molecule has 0 saturated heterocycles. The normalized spacial score (nSPS) is 15.2. The third kappa shape index (κ3) is 1.22. The average molecular weight is 179 g/mol. The molecule has 1 amide bonds. The molecule has 0 saturated carbocycles. The number of aryl methyl sites for hydroxylation is 1. The second-order valence-electron chi connectivity index (χ2n) is 2.90. The summed E-state index contributed by atoms with van der Waals surface area (Å²) in [6, 6.07) is 0. The number of fused-ring (bicyclic) bond motifs is 1. The summed E-state index contributed by atoms with van der Waals surface area (Å²) in [4.78, 5) is 20.8. The number of hydrogen-bond acceptors (Lipinski definition) is 4. The second-order valence-corrected chi connectivity index (χ2v) is 2.90. The van der Waals surface area contributed by atoms with Crippen molar-refractivity contribution in [1.29, 1.82) is 0 Å². The van der Waals surface area contributed by atoms with Crippen molar-refractivity contribution in [2.24, 2.45) is 0 Å². The first-order valence-corrected chi connectivity index (χ1v) is 3.91. The van der Waals surface area contributed by atoms with Crippen LogP contribution in [0.5, 0.6) is 0 Å². The molecule has 2 heterocycles. The van der Waals surface area contributed by atoms with Gasteiger partial charge < -0.3 is 4.74 Å². The molecule has 0 N–H and O–H groups in total. The van der Waals surface area contributed by atoms with Gasteiger partial charge in [-0.05, 0) is 6.92 Å². The molecular formula is C8H9N3O2. The van der Waals surface area contributed by atoms with Crippen molar-refractivity contribution in [1.82, 2.24) is 9.97 Å². The van der Waals surface area contributed by atoms with Crippen LogP contribution >= 0.6 is 0 Å². The molecule has 0 fully saturated rings. The first-order chi connectivity index (χ1) is 6.18. The van der Waals surface area contributed by atoms with E-state index in [1.807, 2.05) is 6.92 Å². The van der Waals surface area contributed by atoms with Crippen LogP contribution in [-0.2, 0) is 11.3 Å². The van der Waals surface area contributed by atoms with E-state index in [2.05, 4.69) is 9.97 Å². The summed E-state index contributed by atoms with van der Waals surface area (Å²) < 4.78 is 4.84. The predicted molar refractivity (Wildman–Crippen MR) is 45.4 cm³/mol. The highest BCUT2D eigenvalue weighted by Gasteiger charge is 2.24. The number of amides is 1. The summed E-state index contributed by atoms with van der Waals surface area (Å²) in [6.45, 7) is 2.05. The lowest BCUT2D eigenvalue weighted by Crippen LogP contribution is -2.33. The van der Waals surface area contributed by atoms with Crippen molar-refractivity contribution < 1.29 is 9.53 Å². The number of ether oxygens (including phenoxy) is 1. The minimum absolute atomic E-state index is 0.214. The third-order valence-electron chi connectivity index (χ3n) is 1.87. The highest BCUT2D eigenvalue weighted by Crippen LogP contribution is 2.21. The number of cyclic esters (lactones) is 1. The van der Waals surface area contributed by atoms with Gasteiger partial charge in [0, 0.05) is 13.2 Å². The third-order valence-corrected chi connectivity index (χ3v) is 1.87. The highest BCUT2D eigenvalue weighted by atomic mass is 16.6. The van der Waals surface area contributed by atoms with E-state index in [0.29, 0.717) is 11.5 Å². The van der Waals surface area contributed by atoms with Crippen LogP contribution in [0.25, 0.3) is 0 Å². The Kier molecular flexibility index (Phi) is 1.65. The molecule has 0 aromatic carbocycles. The molecule has 13 heavy (non-hydrogen) atoms. The van der Waals surface area contributed by atoms with Crippen molar-refractivity contribution in [3.05, 3.63) is 17.6 Å². The monoisotopic (exact) mass is 179 g/mol. The van der Waals surface area contributed by atoms with Gasteiger partial charge in [-0.25, -0.2) is 9.78 Å². The van der Waals surface area contributed by atoms with Crippen LogP contribution < -0.4 is 4.90 Å². The van der Waals surface area contributed by atoms with E-state index >= 15 is 0 Å². The van der Waals surface area contributed by atoms with Crippen LogP contribution in [-0.4, -0.2) is 23.1 Å². The van der Waals surface area contributed by atoms with E-state index in [9.17, 15) is 4.79 Å². The van der Waals surface area contributed by atoms with Gasteiger partial charge in [-0.3, -0.25) is 9.88 Å². The number of aromatic nitrogens is 2. The number of hydrogen-bond donors (Lipinski definition) is 0. The van der Waals surface area contributed by atoms with Crippen LogP contribution in [0.2, 0.25) is 0 Å². The van der Waals surface area contributed by atoms with Gasteiger partial charge >= 0.3 is 6.09 Å². The minimum Gasteiger partial charge on any atom is -0.442 e. The van der Waals surface area contributed by atoms with E-state index in [0.717, 1.165) is 5.69 Å². The summed E-state index contributed by atoms with van der Waals surface area (Å²) in [7, 11) is 1.62. The summed E-state index contributed by atoms with van der Waals surface area (Å²) in [5.41, 5.74) is 1.49. The Balaban J connectivity index is 2.51. The summed E-state index contributed by atoms with van der Waals surface area (Å²) in [6.07, 6.45) is 1.28. The maximum absolute atomic E-state index is 11.1. The zero-order valence-corrected chi connectivity index (χ0v) is 7.44. The fraction of sp³-hybridized carbons (Fsp3) is 0.375. The van der Waals surface area contributed by atoms with Gasteiger partial charge in [0.25, 0.3) is 0 Å². The Morgan fingerprint density at radius 3 is 3.15 bits per heavy atom. The number of nitrogens with zero attached hydrogens (tertiary/aromatic N) is 3. The Hall–Kier alpha value is -1.65. The SMILES string of the molecule is Cc1cnc2c(n1)N(C)C(=O)OC2. The number of rotatable bonds is 0. The van der Waals surface area contributed by atoms with Crippen molar-refractivity contribution in [3.8, 4) is 0 Å². The van der Waals surface area contributed by atoms with Gasteiger partial charge in [0.2, 0.25) is 0 Å². The lowest BCUT2D eigenvalue weighted by molar-refractivity contribution is 0.141. The van der Waals surface area contributed by atoms with Crippen molar-refractivity contribution in [2.45, 2.75) is 13.5 Å². The maximum atomic E-state index is 11.1. The Morgan fingerprint density at radius 1 is 1.62 bits per heavy atom. The smallest absolute Gasteiger partial charge is 0.415 e. The largest absolute Gasteiger partial charge is 0.442 e. The Labute approximate surface area is 75.4 Å². The van der Waals surface area contributed by atoms with Crippen LogP contribution in [0.1, 0.15) is 11.4 Å². The average Bonchev–Trinajstić information content (AvgIpc) is 2.12. The molecule has 68 valence electrons. The van der Waals surface area contributed by atoms with E-state index in [1.54, 1.807) is 13.2 Å². The minimum atomic E-state index is -0.382. The van der Waals surface area contributed by atoms with Crippen molar-refractivity contribution >= 4 is 11.9 Å². The van der Waals surface area contributed by atoms with E-state index in [-0.39, 0.29) is 12.7 Å². The van der Waals surface area contributed by atoms with Crippen LogP contribution in [0.3, 0.4) is 0 Å². The van der Waals surface area contributed by atoms with Gasteiger partial charge in [-0.2, -0.15) is 0 Å². The van der Waals surface area contributed by atoms with Crippen LogP contribution in [0, 0.1) is 6.92 Å². The zero-order chi connectivity index (χ0) is 9.42. The summed E-state index contributed by atoms with van der Waals surface area (Å²) >= 11 is 0. The summed E-state index contributed by atoms with van der Waals surface area (Å²) in [5, 5.41) is 0. The van der Waals surface area contributed by atoms with Gasteiger partial charge in [0.1, 0.15) is 12.3 Å². The van der Waals surface area contributed by atoms with Crippen molar-refractivity contribution in [2.75, 3.05) is 11.9 Å². The van der Waals surface area contributed by atoms with Gasteiger partial charge in [0.05, 0.1) is 5.69 Å². The summed E-state index contributed by atoms with van der Waals surface area (Å²) in [5.74, 6) is 0.594. The lowest BCUT2D eigenvalue weighted by atomic mass is 10.3. The maximum Gasteiger partial charge on any atom is 0.415 e. The van der Waals surface area contributed by atoms with Gasteiger partial charge in [-0.15, -0.1) is 0 Å². The Morgan fingerprint density at radius 2 is 2.38 bits per heavy atom. The fourth-order valence-electron chi connectivity index (χ4n) is 1.17. The lowest BCUT2D eigenvalue weighted by Gasteiger charge is -2.23. The number of carbonyl (C=O) groups excluding carboxylic acids is 1. The fourth-order valence-corrected chi connectivity index (χ4v) is 1.17. The number of carbonyl (C=O) groups is 1.